The Balaban J connectivity index is 2.06. The summed E-state index contributed by atoms with van der Waals surface area (Å²) in [7, 11) is 0. The Morgan fingerprint density at radius 1 is 1.24 bits per heavy atom. The van der Waals surface area contributed by atoms with Gasteiger partial charge in [0.05, 0.1) is 10.7 Å². The zero-order valence-corrected chi connectivity index (χ0v) is 10.9. The van der Waals surface area contributed by atoms with Crippen LogP contribution in [0.25, 0.3) is 10.6 Å². The summed E-state index contributed by atoms with van der Waals surface area (Å²) in [6, 6.07) is 5.63. The molecule has 17 heavy (non-hydrogen) atoms. The second-order valence-electron chi connectivity index (χ2n) is 4.34. The number of nitrogens with zero attached hydrogens (tertiary/aromatic N) is 1. The molecule has 1 aliphatic rings. The molecule has 2 nitrogen and oxygen atoms in total. The normalized spacial score (nSPS) is 14.6. The molecule has 88 valence electrons. The molecule has 1 aliphatic carbocycles. The molecular weight excluding hydrogens is 252 g/mol. The Bertz CT molecular complexity index is 539. The van der Waals surface area contributed by atoms with Gasteiger partial charge in [0.25, 0.3) is 0 Å². The Kier molecular flexibility index (Phi) is 2.81. The van der Waals surface area contributed by atoms with Gasteiger partial charge < -0.3 is 5.73 Å². The number of aryl methyl sites for hydroxylation is 2. The number of thiazole rings is 1. The largest absolute Gasteiger partial charge is 0.399 e. The zero-order chi connectivity index (χ0) is 11.8. The van der Waals surface area contributed by atoms with Crippen molar-refractivity contribution in [2.45, 2.75) is 25.7 Å². The number of hydrogen-bond acceptors (Lipinski definition) is 3. The van der Waals surface area contributed by atoms with Crippen molar-refractivity contribution in [2.75, 3.05) is 5.73 Å². The van der Waals surface area contributed by atoms with E-state index in [9.17, 15) is 0 Å². The summed E-state index contributed by atoms with van der Waals surface area (Å²) in [6.45, 7) is 0. The van der Waals surface area contributed by atoms with Crippen LogP contribution in [-0.4, -0.2) is 4.98 Å². The molecule has 2 N–H and O–H groups in total. The van der Waals surface area contributed by atoms with Crippen LogP contribution in [0.15, 0.2) is 18.2 Å². The van der Waals surface area contributed by atoms with Gasteiger partial charge in [-0.2, -0.15) is 0 Å². The Hall–Kier alpha value is -1.06. The number of aromatic nitrogens is 1. The first-order chi connectivity index (χ1) is 8.24. The molecule has 0 saturated carbocycles. The van der Waals surface area contributed by atoms with Gasteiger partial charge in [-0.15, -0.1) is 11.3 Å². The van der Waals surface area contributed by atoms with Gasteiger partial charge in [-0.25, -0.2) is 4.98 Å². The van der Waals surface area contributed by atoms with E-state index in [4.69, 9.17) is 22.3 Å². The van der Waals surface area contributed by atoms with Crippen LogP contribution < -0.4 is 5.73 Å². The van der Waals surface area contributed by atoms with E-state index in [0.717, 1.165) is 17.0 Å². The SMILES string of the molecule is Nc1ccc(-c2nc3c(s2)CCCC3)c(Cl)c1. The van der Waals surface area contributed by atoms with E-state index in [1.54, 1.807) is 17.4 Å². The van der Waals surface area contributed by atoms with Crippen molar-refractivity contribution in [3.05, 3.63) is 33.8 Å². The smallest absolute Gasteiger partial charge is 0.125 e. The lowest BCUT2D eigenvalue weighted by molar-refractivity contribution is 0.682. The van der Waals surface area contributed by atoms with Crippen LogP contribution in [0, 0.1) is 0 Å². The lowest BCUT2D eigenvalue weighted by Crippen LogP contribution is -1.98. The van der Waals surface area contributed by atoms with Gasteiger partial charge in [0, 0.05) is 16.1 Å². The molecule has 1 heterocycles. The van der Waals surface area contributed by atoms with Crippen LogP contribution in [0.5, 0.6) is 0 Å². The van der Waals surface area contributed by atoms with Gasteiger partial charge >= 0.3 is 0 Å². The lowest BCUT2D eigenvalue weighted by Gasteiger charge is -2.06. The second-order valence-corrected chi connectivity index (χ2v) is 5.83. The van der Waals surface area contributed by atoms with Crippen molar-refractivity contribution < 1.29 is 0 Å². The van der Waals surface area contributed by atoms with Crippen molar-refractivity contribution in [2.24, 2.45) is 0 Å². The van der Waals surface area contributed by atoms with Crippen LogP contribution >= 0.6 is 22.9 Å². The van der Waals surface area contributed by atoms with E-state index >= 15 is 0 Å². The maximum absolute atomic E-state index is 6.21. The molecule has 1 aromatic carbocycles. The predicted octanol–water partition coefficient (Wildman–Crippen LogP) is 3.92. The number of hydrogen-bond donors (Lipinski definition) is 1. The molecule has 3 rings (SSSR count). The van der Waals surface area contributed by atoms with Gasteiger partial charge in [0.2, 0.25) is 0 Å². The summed E-state index contributed by atoms with van der Waals surface area (Å²) in [5.41, 5.74) is 8.66. The molecule has 2 aromatic rings. The summed E-state index contributed by atoms with van der Waals surface area (Å²) in [5, 5.41) is 1.72. The van der Waals surface area contributed by atoms with Crippen molar-refractivity contribution >= 4 is 28.6 Å². The standard InChI is InChI=1S/C13H13ClN2S/c14-10-7-8(15)5-6-9(10)13-16-11-3-1-2-4-12(11)17-13/h5-7H,1-4,15H2. The number of fused-ring (bicyclic) bond motifs is 1. The zero-order valence-electron chi connectivity index (χ0n) is 9.37. The third-order valence-corrected chi connectivity index (χ3v) is 4.57. The fourth-order valence-electron chi connectivity index (χ4n) is 2.17. The average molecular weight is 265 g/mol. The van der Waals surface area contributed by atoms with E-state index in [2.05, 4.69) is 0 Å². The summed E-state index contributed by atoms with van der Waals surface area (Å²) >= 11 is 7.99. The maximum Gasteiger partial charge on any atom is 0.125 e. The van der Waals surface area contributed by atoms with Crippen LogP contribution in [0.4, 0.5) is 5.69 Å². The highest BCUT2D eigenvalue weighted by Gasteiger charge is 2.17. The highest BCUT2D eigenvalue weighted by molar-refractivity contribution is 7.15. The van der Waals surface area contributed by atoms with Crippen LogP contribution in [0.2, 0.25) is 5.02 Å². The third-order valence-electron chi connectivity index (χ3n) is 3.07. The van der Waals surface area contributed by atoms with Gasteiger partial charge in [0.15, 0.2) is 0 Å². The van der Waals surface area contributed by atoms with Crippen molar-refractivity contribution in [1.29, 1.82) is 0 Å². The summed E-state index contributed by atoms with van der Waals surface area (Å²) in [4.78, 5) is 6.13. The van der Waals surface area contributed by atoms with Gasteiger partial charge in [-0.1, -0.05) is 11.6 Å². The van der Waals surface area contributed by atoms with E-state index in [1.807, 2.05) is 12.1 Å². The van der Waals surface area contributed by atoms with Crippen LogP contribution in [-0.2, 0) is 12.8 Å². The summed E-state index contributed by atoms with van der Waals surface area (Å²) < 4.78 is 0. The number of nitrogen functional groups attached to an aromatic ring is 1. The first-order valence-electron chi connectivity index (χ1n) is 5.78. The minimum absolute atomic E-state index is 0.691. The molecule has 0 atom stereocenters. The van der Waals surface area contributed by atoms with Crippen LogP contribution in [0.3, 0.4) is 0 Å². The third kappa shape index (κ3) is 2.05. The topological polar surface area (TPSA) is 38.9 Å². The fraction of sp³-hybridized carbons (Fsp3) is 0.308. The molecule has 0 bridgehead atoms. The molecule has 4 heteroatoms. The second kappa shape index (κ2) is 4.31. The highest BCUT2D eigenvalue weighted by Crippen LogP contribution is 2.36. The first-order valence-corrected chi connectivity index (χ1v) is 6.97. The van der Waals surface area contributed by atoms with Crippen molar-refractivity contribution in [3.8, 4) is 10.6 Å². The molecule has 0 saturated heterocycles. The Labute approximate surface area is 109 Å². The van der Waals surface area contributed by atoms with Gasteiger partial charge in [-0.3, -0.25) is 0 Å². The van der Waals surface area contributed by atoms with E-state index < -0.39 is 0 Å². The van der Waals surface area contributed by atoms with E-state index in [0.29, 0.717) is 10.7 Å². The molecule has 0 amide bonds. The minimum Gasteiger partial charge on any atom is -0.399 e. The van der Waals surface area contributed by atoms with E-state index in [1.165, 1.54) is 29.8 Å². The molecule has 0 radical (unpaired) electrons. The number of halogens is 1. The summed E-state index contributed by atoms with van der Waals surface area (Å²) in [5.74, 6) is 0. The van der Waals surface area contributed by atoms with Gasteiger partial charge in [-0.05, 0) is 43.9 Å². The molecular formula is C13H13ClN2S. The molecule has 0 spiro atoms. The Morgan fingerprint density at radius 3 is 2.82 bits per heavy atom. The minimum atomic E-state index is 0.691. The number of nitrogens with two attached hydrogens (primary N) is 1. The number of benzene rings is 1. The summed E-state index contributed by atoms with van der Waals surface area (Å²) in [6.07, 6.45) is 4.81. The Morgan fingerprint density at radius 2 is 2.06 bits per heavy atom. The fourth-order valence-corrected chi connectivity index (χ4v) is 3.70. The quantitative estimate of drug-likeness (QED) is 0.793. The maximum atomic E-state index is 6.21. The van der Waals surface area contributed by atoms with Crippen molar-refractivity contribution in [3.63, 3.8) is 0 Å². The van der Waals surface area contributed by atoms with E-state index in [-0.39, 0.29) is 0 Å². The molecule has 0 fully saturated rings. The number of rotatable bonds is 1. The van der Waals surface area contributed by atoms with Gasteiger partial charge in [0.1, 0.15) is 5.01 Å². The highest BCUT2D eigenvalue weighted by atomic mass is 35.5. The molecule has 0 aliphatic heterocycles. The average Bonchev–Trinajstić information content (AvgIpc) is 2.72. The molecule has 1 aromatic heterocycles. The van der Waals surface area contributed by atoms with Crippen molar-refractivity contribution in [1.82, 2.24) is 4.98 Å². The monoisotopic (exact) mass is 264 g/mol. The predicted molar refractivity (Wildman–Crippen MR) is 73.6 cm³/mol. The van der Waals surface area contributed by atoms with Crippen LogP contribution in [0.1, 0.15) is 23.4 Å². The number of anilines is 1. The molecule has 0 unspecified atom stereocenters. The lowest BCUT2D eigenvalue weighted by atomic mass is 10.0. The first kappa shape index (κ1) is 11.1.